The monoisotopic (exact) mass is 314 g/mol. The molecule has 1 atom stereocenters. The fraction of sp³-hybridized carbons (Fsp3) is 0.231. The van der Waals surface area contributed by atoms with Gasteiger partial charge >= 0.3 is 0 Å². The zero-order chi connectivity index (χ0) is 16.2. The summed E-state index contributed by atoms with van der Waals surface area (Å²) in [4.78, 5) is 16.4. The molecule has 0 aliphatic rings. The second-order valence-corrected chi connectivity index (χ2v) is 4.82. The Morgan fingerprint density at radius 3 is 2.96 bits per heavy atom. The third kappa shape index (κ3) is 3.48. The summed E-state index contributed by atoms with van der Waals surface area (Å²) < 4.78 is 5.04. The fourth-order valence-electron chi connectivity index (χ4n) is 1.91. The van der Waals surface area contributed by atoms with Crippen LogP contribution in [0.25, 0.3) is 0 Å². The van der Waals surface area contributed by atoms with Gasteiger partial charge in [-0.2, -0.15) is 10.2 Å². The van der Waals surface area contributed by atoms with E-state index in [0.717, 1.165) is 0 Å². The predicted molar refractivity (Wildman–Crippen MR) is 78.8 cm³/mol. The van der Waals surface area contributed by atoms with E-state index < -0.39 is 6.04 Å². The van der Waals surface area contributed by atoms with Crippen LogP contribution >= 0.6 is 0 Å². The quantitative estimate of drug-likeness (QED) is 0.637. The highest BCUT2D eigenvalue weighted by Gasteiger charge is 2.16. The van der Waals surface area contributed by atoms with Gasteiger partial charge in [0.25, 0.3) is 11.9 Å². The van der Waals surface area contributed by atoms with Gasteiger partial charge in [-0.3, -0.25) is 4.79 Å². The maximum Gasteiger partial charge on any atom is 0.267 e. The Hall–Kier alpha value is -3.30. The summed E-state index contributed by atoms with van der Waals surface area (Å²) in [7, 11) is 0. The second kappa shape index (κ2) is 6.22. The number of carbonyl (C=O) groups is 1. The van der Waals surface area contributed by atoms with Gasteiger partial charge in [-0.25, -0.2) is 0 Å². The number of tetrazole rings is 1. The summed E-state index contributed by atoms with van der Waals surface area (Å²) in [5.41, 5.74) is 1.14. The van der Waals surface area contributed by atoms with Crippen LogP contribution < -0.4 is 10.6 Å². The van der Waals surface area contributed by atoms with Crippen LogP contribution in [0.3, 0.4) is 0 Å². The first-order valence-corrected chi connectivity index (χ1v) is 6.83. The normalized spacial score (nSPS) is 11.9. The molecule has 0 aliphatic heterocycles. The summed E-state index contributed by atoms with van der Waals surface area (Å²) >= 11 is 0. The molecular weight excluding hydrogens is 300 g/mol. The van der Waals surface area contributed by atoms with Gasteiger partial charge in [0.15, 0.2) is 5.82 Å². The summed E-state index contributed by atoms with van der Waals surface area (Å²) in [5, 5.41) is 22.8. The van der Waals surface area contributed by atoms with Crippen molar-refractivity contribution in [1.82, 2.24) is 36.1 Å². The van der Waals surface area contributed by atoms with Crippen molar-refractivity contribution < 1.29 is 9.32 Å². The van der Waals surface area contributed by atoms with Crippen molar-refractivity contribution in [2.24, 2.45) is 0 Å². The lowest BCUT2D eigenvalue weighted by Crippen LogP contribution is -2.26. The molecule has 1 aromatic carbocycles. The van der Waals surface area contributed by atoms with Crippen LogP contribution in [0, 0.1) is 6.92 Å². The molecule has 0 saturated carbocycles. The SMILES string of the molecule is Cc1noc(C(C)NC(=O)c2cccc(Nc3nn[nH]n3)c2)n1. The van der Waals surface area contributed by atoms with Crippen LogP contribution in [0.4, 0.5) is 11.6 Å². The Morgan fingerprint density at radius 2 is 2.26 bits per heavy atom. The number of aromatic nitrogens is 6. The van der Waals surface area contributed by atoms with E-state index >= 15 is 0 Å². The predicted octanol–water partition coefficient (Wildman–Crippen LogP) is 1.13. The largest absolute Gasteiger partial charge is 0.341 e. The van der Waals surface area contributed by atoms with E-state index in [2.05, 4.69) is 41.4 Å². The van der Waals surface area contributed by atoms with Gasteiger partial charge in [0.1, 0.15) is 6.04 Å². The van der Waals surface area contributed by atoms with Crippen molar-refractivity contribution in [3.63, 3.8) is 0 Å². The zero-order valence-corrected chi connectivity index (χ0v) is 12.4. The molecule has 0 radical (unpaired) electrons. The number of benzene rings is 1. The van der Waals surface area contributed by atoms with Gasteiger partial charge < -0.3 is 15.2 Å². The first-order chi connectivity index (χ1) is 11.1. The van der Waals surface area contributed by atoms with Crippen molar-refractivity contribution in [3.8, 4) is 0 Å². The summed E-state index contributed by atoms with van der Waals surface area (Å²) in [5.74, 6) is 0.937. The summed E-state index contributed by atoms with van der Waals surface area (Å²) in [6, 6.07) is 6.52. The number of rotatable bonds is 5. The van der Waals surface area contributed by atoms with Crippen molar-refractivity contribution >= 4 is 17.5 Å². The topological polar surface area (TPSA) is 135 Å². The minimum Gasteiger partial charge on any atom is -0.341 e. The van der Waals surface area contributed by atoms with Gasteiger partial charge in [0, 0.05) is 11.3 Å². The number of carbonyl (C=O) groups excluding carboxylic acids is 1. The van der Waals surface area contributed by atoms with Gasteiger partial charge in [-0.1, -0.05) is 16.3 Å². The molecule has 3 N–H and O–H groups in total. The molecule has 3 aromatic rings. The smallest absolute Gasteiger partial charge is 0.267 e. The number of aryl methyl sites for hydroxylation is 1. The molecule has 23 heavy (non-hydrogen) atoms. The first-order valence-electron chi connectivity index (χ1n) is 6.83. The summed E-state index contributed by atoms with van der Waals surface area (Å²) in [6.07, 6.45) is 0. The van der Waals surface area contributed by atoms with Crippen molar-refractivity contribution in [1.29, 1.82) is 0 Å². The van der Waals surface area contributed by atoms with Crippen LogP contribution in [0.15, 0.2) is 28.8 Å². The van der Waals surface area contributed by atoms with E-state index in [1.165, 1.54) is 0 Å². The third-order valence-corrected chi connectivity index (χ3v) is 2.99. The second-order valence-electron chi connectivity index (χ2n) is 4.82. The molecule has 1 unspecified atom stereocenters. The highest BCUT2D eigenvalue weighted by atomic mass is 16.5. The van der Waals surface area contributed by atoms with E-state index in [9.17, 15) is 4.79 Å². The average Bonchev–Trinajstić information content (AvgIpc) is 3.19. The Kier molecular flexibility index (Phi) is 3.95. The van der Waals surface area contributed by atoms with E-state index in [1.54, 1.807) is 38.1 Å². The van der Waals surface area contributed by atoms with Gasteiger partial charge in [0.2, 0.25) is 5.89 Å². The summed E-state index contributed by atoms with van der Waals surface area (Å²) in [6.45, 7) is 3.49. The standard InChI is InChI=1S/C13H14N8O2/c1-7(12-15-8(2)19-23-12)14-11(22)9-4-3-5-10(6-9)16-13-17-20-21-18-13/h3-7H,1-2H3,(H,14,22)(H2,16,17,18,20,21). The van der Waals surface area contributed by atoms with E-state index in [-0.39, 0.29) is 5.91 Å². The Morgan fingerprint density at radius 1 is 1.39 bits per heavy atom. The number of anilines is 2. The molecule has 2 heterocycles. The number of nitrogens with one attached hydrogen (secondary N) is 3. The molecule has 0 saturated heterocycles. The lowest BCUT2D eigenvalue weighted by Gasteiger charge is -2.10. The number of H-pyrrole nitrogens is 1. The van der Waals surface area contributed by atoms with Crippen molar-refractivity contribution in [3.05, 3.63) is 41.5 Å². The molecule has 10 nitrogen and oxygen atoms in total. The van der Waals surface area contributed by atoms with Gasteiger partial charge in [-0.15, -0.1) is 5.10 Å². The molecule has 118 valence electrons. The van der Waals surface area contributed by atoms with Crippen LogP contribution in [-0.2, 0) is 0 Å². The zero-order valence-electron chi connectivity index (χ0n) is 12.4. The minimum atomic E-state index is -0.391. The molecule has 0 aliphatic carbocycles. The third-order valence-electron chi connectivity index (χ3n) is 2.99. The molecular formula is C13H14N8O2. The Balaban J connectivity index is 1.69. The average molecular weight is 314 g/mol. The van der Waals surface area contributed by atoms with Crippen LogP contribution in [0.1, 0.15) is 35.0 Å². The minimum absolute atomic E-state index is 0.259. The lowest BCUT2D eigenvalue weighted by molar-refractivity contribution is 0.0932. The number of nitrogens with zero attached hydrogens (tertiary/aromatic N) is 5. The first kappa shape index (κ1) is 14.6. The van der Waals surface area contributed by atoms with Crippen molar-refractivity contribution in [2.45, 2.75) is 19.9 Å². The van der Waals surface area contributed by atoms with E-state index in [0.29, 0.717) is 28.9 Å². The Labute approximate surface area is 130 Å². The highest BCUT2D eigenvalue weighted by molar-refractivity contribution is 5.95. The maximum absolute atomic E-state index is 12.3. The molecule has 0 fully saturated rings. The number of hydrogen-bond acceptors (Lipinski definition) is 8. The maximum atomic E-state index is 12.3. The fourth-order valence-corrected chi connectivity index (χ4v) is 1.91. The van der Waals surface area contributed by atoms with Crippen LogP contribution in [0.2, 0.25) is 0 Å². The van der Waals surface area contributed by atoms with E-state index in [1.807, 2.05) is 0 Å². The lowest BCUT2D eigenvalue weighted by atomic mass is 10.1. The van der Waals surface area contributed by atoms with Crippen LogP contribution in [-0.4, -0.2) is 36.7 Å². The van der Waals surface area contributed by atoms with Gasteiger partial charge in [-0.05, 0) is 37.3 Å². The molecule has 10 heteroatoms. The molecule has 3 rings (SSSR count). The van der Waals surface area contributed by atoms with E-state index in [4.69, 9.17) is 4.52 Å². The molecule has 1 amide bonds. The van der Waals surface area contributed by atoms with Crippen molar-refractivity contribution in [2.75, 3.05) is 5.32 Å². The van der Waals surface area contributed by atoms with Gasteiger partial charge in [0.05, 0.1) is 0 Å². The van der Waals surface area contributed by atoms with Crippen LogP contribution in [0.5, 0.6) is 0 Å². The number of hydrogen-bond donors (Lipinski definition) is 3. The number of amides is 1. The highest BCUT2D eigenvalue weighted by Crippen LogP contribution is 2.15. The molecule has 2 aromatic heterocycles. The Bertz CT molecular complexity index is 798. The molecule has 0 spiro atoms. The number of aromatic amines is 1. The molecule has 0 bridgehead atoms.